The minimum absolute atomic E-state index is 0.217. The second-order valence-corrected chi connectivity index (χ2v) is 5.95. The molecule has 0 unspecified atom stereocenters. The van der Waals surface area contributed by atoms with Gasteiger partial charge in [0.2, 0.25) is 0 Å². The summed E-state index contributed by atoms with van der Waals surface area (Å²) in [4.78, 5) is 4.38. The van der Waals surface area contributed by atoms with Crippen LogP contribution in [0.4, 0.5) is 5.69 Å². The Labute approximate surface area is 140 Å². The molecule has 21 heavy (non-hydrogen) atoms. The lowest BCUT2D eigenvalue weighted by atomic mass is 10.2. The van der Waals surface area contributed by atoms with Crippen LogP contribution in [-0.2, 0) is 0 Å². The average molecular weight is 411 g/mol. The molecule has 3 nitrogen and oxygen atoms in total. The summed E-state index contributed by atoms with van der Waals surface area (Å²) in [5.41, 5.74) is 1.59. The van der Waals surface area contributed by atoms with E-state index in [9.17, 15) is 5.11 Å². The molecule has 2 aromatic carbocycles. The zero-order chi connectivity index (χ0) is 15.2. The first-order valence-corrected chi connectivity index (χ1v) is 7.74. The van der Waals surface area contributed by atoms with Crippen molar-refractivity contribution in [3.8, 4) is 11.5 Å². The highest BCUT2D eigenvalue weighted by atomic mass is 79.9. The van der Waals surface area contributed by atoms with Crippen LogP contribution in [0.3, 0.4) is 0 Å². The maximum absolute atomic E-state index is 9.26. The van der Waals surface area contributed by atoms with Gasteiger partial charge in [-0.1, -0.05) is 28.6 Å². The normalized spacial score (nSPS) is 10.8. The third-order valence-corrected chi connectivity index (χ3v) is 3.63. The highest BCUT2D eigenvalue weighted by Gasteiger charge is 2.08. The lowest BCUT2D eigenvalue weighted by Gasteiger charge is -2.10. The molecule has 2 aromatic rings. The Morgan fingerprint density at radius 2 is 1.90 bits per heavy atom. The number of hydrogen-bond donors (Lipinski definition) is 1. The molecular weight excluding hydrogens is 398 g/mol. The Hall–Kier alpha value is -1.59. The van der Waals surface area contributed by atoms with Crippen molar-refractivity contribution in [2.75, 3.05) is 6.61 Å². The number of hydrogen-bond acceptors (Lipinski definition) is 3. The zero-order valence-corrected chi connectivity index (χ0v) is 14.3. The van der Waals surface area contributed by atoms with E-state index < -0.39 is 0 Å². The molecule has 0 spiro atoms. The maximum atomic E-state index is 9.26. The molecule has 0 aromatic heterocycles. The van der Waals surface area contributed by atoms with Crippen LogP contribution in [0.15, 0.2) is 63.0 Å². The molecule has 0 radical (unpaired) electrons. The van der Waals surface area contributed by atoms with Crippen molar-refractivity contribution in [2.45, 2.75) is 0 Å². The van der Waals surface area contributed by atoms with E-state index in [1.54, 1.807) is 36.6 Å². The molecule has 0 aliphatic heterocycles. The average Bonchev–Trinajstić information content (AvgIpc) is 2.45. The Bertz CT molecular complexity index is 667. The summed E-state index contributed by atoms with van der Waals surface area (Å²) in [5.74, 6) is 0.926. The van der Waals surface area contributed by atoms with Crippen molar-refractivity contribution in [1.82, 2.24) is 0 Å². The van der Waals surface area contributed by atoms with E-state index >= 15 is 0 Å². The van der Waals surface area contributed by atoms with E-state index in [-0.39, 0.29) is 5.75 Å². The van der Waals surface area contributed by atoms with Crippen LogP contribution < -0.4 is 4.74 Å². The molecule has 0 saturated carbocycles. The summed E-state index contributed by atoms with van der Waals surface area (Å²) in [6, 6.07) is 10.5. The van der Waals surface area contributed by atoms with Crippen molar-refractivity contribution in [1.29, 1.82) is 0 Å². The summed E-state index contributed by atoms with van der Waals surface area (Å²) in [6.45, 7) is 4.06. The van der Waals surface area contributed by atoms with Crippen LogP contribution in [0, 0.1) is 0 Å². The lowest BCUT2D eigenvalue weighted by molar-refractivity contribution is 0.360. The number of benzene rings is 2. The number of aromatic hydroxyl groups is 1. The van der Waals surface area contributed by atoms with Crippen molar-refractivity contribution >= 4 is 43.8 Å². The van der Waals surface area contributed by atoms with Gasteiger partial charge in [0, 0.05) is 16.3 Å². The largest absolute Gasteiger partial charge is 0.508 e. The molecule has 2 rings (SSSR count). The Morgan fingerprint density at radius 3 is 2.57 bits per heavy atom. The molecule has 0 heterocycles. The van der Waals surface area contributed by atoms with Crippen LogP contribution in [0.25, 0.3) is 0 Å². The van der Waals surface area contributed by atoms with Gasteiger partial charge in [0.15, 0.2) is 0 Å². The minimum atomic E-state index is 0.217. The first-order valence-electron chi connectivity index (χ1n) is 6.16. The van der Waals surface area contributed by atoms with Crippen LogP contribution >= 0.6 is 31.9 Å². The molecule has 0 saturated heterocycles. The van der Waals surface area contributed by atoms with E-state index in [2.05, 4.69) is 43.4 Å². The van der Waals surface area contributed by atoms with Gasteiger partial charge >= 0.3 is 0 Å². The van der Waals surface area contributed by atoms with Gasteiger partial charge in [-0.05, 0) is 52.3 Å². The number of halogens is 2. The number of ether oxygens (including phenoxy) is 1. The number of nitrogens with zero attached hydrogens (tertiary/aromatic N) is 1. The second kappa shape index (κ2) is 7.43. The van der Waals surface area contributed by atoms with Gasteiger partial charge in [-0.3, -0.25) is 4.99 Å². The van der Waals surface area contributed by atoms with Gasteiger partial charge in [-0.15, -0.1) is 0 Å². The summed E-state index contributed by atoms with van der Waals surface area (Å²) in [5, 5.41) is 9.26. The third-order valence-electron chi connectivity index (χ3n) is 2.59. The molecule has 0 amide bonds. The van der Waals surface area contributed by atoms with Crippen molar-refractivity contribution in [3.05, 3.63) is 63.6 Å². The predicted octanol–water partition coefficient (Wildman–Crippen LogP) is 5.23. The lowest BCUT2D eigenvalue weighted by Crippen LogP contribution is -1.98. The molecule has 108 valence electrons. The molecule has 0 bridgehead atoms. The van der Waals surface area contributed by atoms with Gasteiger partial charge in [-0.2, -0.15) is 0 Å². The first kappa shape index (κ1) is 15.8. The maximum Gasteiger partial charge on any atom is 0.142 e. The Morgan fingerprint density at radius 1 is 1.19 bits per heavy atom. The standard InChI is InChI=1S/C16H13Br2NO2/c1-2-7-21-16-11(8-12(17)9-15(16)18)10-19-13-3-5-14(20)6-4-13/h2-6,8-10,20H,1,7H2. The van der Waals surface area contributed by atoms with Gasteiger partial charge < -0.3 is 9.84 Å². The van der Waals surface area contributed by atoms with Crippen LogP contribution in [0.1, 0.15) is 5.56 Å². The summed E-state index contributed by atoms with van der Waals surface area (Å²) >= 11 is 6.93. The van der Waals surface area contributed by atoms with Crippen LogP contribution in [0.5, 0.6) is 11.5 Å². The third kappa shape index (κ3) is 4.44. The van der Waals surface area contributed by atoms with Crippen LogP contribution in [-0.4, -0.2) is 17.9 Å². The zero-order valence-electron chi connectivity index (χ0n) is 11.1. The Kier molecular flexibility index (Phi) is 5.59. The summed E-state index contributed by atoms with van der Waals surface area (Å²) < 4.78 is 7.42. The molecule has 5 heteroatoms. The molecule has 1 N–H and O–H groups in total. The smallest absolute Gasteiger partial charge is 0.142 e. The summed E-state index contributed by atoms with van der Waals surface area (Å²) in [7, 11) is 0. The van der Waals surface area contributed by atoms with E-state index in [0.717, 1.165) is 20.2 Å². The fraction of sp³-hybridized carbons (Fsp3) is 0.0625. The van der Waals surface area contributed by atoms with E-state index in [1.165, 1.54) is 0 Å². The quantitative estimate of drug-likeness (QED) is 0.541. The van der Waals surface area contributed by atoms with E-state index in [1.807, 2.05) is 12.1 Å². The Balaban J connectivity index is 2.33. The number of aliphatic imine (C=N–C) groups is 1. The first-order chi connectivity index (χ1) is 10.1. The highest BCUT2D eigenvalue weighted by molar-refractivity contribution is 9.11. The number of phenolic OH excluding ortho intramolecular Hbond substituents is 1. The molecule has 0 atom stereocenters. The number of phenols is 1. The van der Waals surface area contributed by atoms with Crippen molar-refractivity contribution < 1.29 is 9.84 Å². The summed E-state index contributed by atoms with van der Waals surface area (Å²) in [6.07, 6.45) is 3.41. The van der Waals surface area contributed by atoms with Gasteiger partial charge in [0.05, 0.1) is 10.2 Å². The molecule has 0 aliphatic carbocycles. The van der Waals surface area contributed by atoms with Crippen molar-refractivity contribution in [3.63, 3.8) is 0 Å². The monoisotopic (exact) mass is 409 g/mol. The molecule has 0 aliphatic rings. The van der Waals surface area contributed by atoms with E-state index in [0.29, 0.717) is 12.4 Å². The highest BCUT2D eigenvalue weighted by Crippen LogP contribution is 2.32. The van der Waals surface area contributed by atoms with Crippen LogP contribution in [0.2, 0.25) is 0 Å². The fourth-order valence-electron chi connectivity index (χ4n) is 1.65. The SMILES string of the molecule is C=CCOc1c(Br)cc(Br)cc1C=Nc1ccc(O)cc1. The minimum Gasteiger partial charge on any atom is -0.508 e. The van der Waals surface area contributed by atoms with Gasteiger partial charge in [0.1, 0.15) is 18.1 Å². The van der Waals surface area contributed by atoms with Gasteiger partial charge in [-0.25, -0.2) is 0 Å². The van der Waals surface area contributed by atoms with Gasteiger partial charge in [0.25, 0.3) is 0 Å². The molecule has 0 fully saturated rings. The second-order valence-electron chi connectivity index (χ2n) is 4.18. The van der Waals surface area contributed by atoms with E-state index in [4.69, 9.17) is 4.74 Å². The molecular formula is C16H13Br2NO2. The van der Waals surface area contributed by atoms with Crippen molar-refractivity contribution in [2.24, 2.45) is 4.99 Å². The number of rotatable bonds is 5. The fourth-order valence-corrected chi connectivity index (χ4v) is 3.03. The topological polar surface area (TPSA) is 41.8 Å². The predicted molar refractivity (Wildman–Crippen MR) is 92.9 cm³/mol.